The Kier molecular flexibility index (Phi) is 7.44. The molecule has 5 nitrogen and oxygen atoms in total. The molecule has 0 radical (unpaired) electrons. The molecule has 0 aliphatic heterocycles. The molecule has 0 aliphatic rings. The highest BCUT2D eigenvalue weighted by atomic mass is 16.1. The van der Waals surface area contributed by atoms with Gasteiger partial charge in [0.25, 0.3) is 0 Å². The first-order chi connectivity index (χ1) is 10.0. The molecule has 0 unspecified atom stereocenters. The third-order valence-corrected chi connectivity index (χ3v) is 3.19. The minimum Gasteiger partial charge on any atom is -0.325 e. The normalized spacial score (nSPS) is 10.7. The van der Waals surface area contributed by atoms with Crippen molar-refractivity contribution >= 4 is 11.6 Å². The van der Waals surface area contributed by atoms with Crippen LogP contribution in [-0.4, -0.2) is 56.5 Å². The van der Waals surface area contributed by atoms with E-state index in [4.69, 9.17) is 5.26 Å². The van der Waals surface area contributed by atoms with Crippen molar-refractivity contribution < 1.29 is 4.79 Å². The van der Waals surface area contributed by atoms with E-state index in [0.29, 0.717) is 17.7 Å². The summed E-state index contributed by atoms with van der Waals surface area (Å²) in [5, 5.41) is 11.8. The van der Waals surface area contributed by atoms with Crippen molar-refractivity contribution in [1.82, 2.24) is 9.80 Å². The van der Waals surface area contributed by atoms with Gasteiger partial charge in [0.1, 0.15) is 6.07 Å². The number of hydrogen-bond acceptors (Lipinski definition) is 4. The molecule has 1 rings (SSSR count). The van der Waals surface area contributed by atoms with Crippen LogP contribution in [0.1, 0.15) is 18.4 Å². The largest absolute Gasteiger partial charge is 0.325 e. The molecule has 0 aromatic heterocycles. The van der Waals surface area contributed by atoms with Crippen LogP contribution in [0.3, 0.4) is 0 Å². The van der Waals surface area contributed by atoms with Gasteiger partial charge in [0, 0.05) is 19.5 Å². The predicted molar refractivity (Wildman–Crippen MR) is 85.1 cm³/mol. The predicted octanol–water partition coefficient (Wildman–Crippen LogP) is 1.77. The van der Waals surface area contributed by atoms with E-state index in [1.165, 1.54) is 0 Å². The van der Waals surface area contributed by atoms with Gasteiger partial charge in [0.2, 0.25) is 5.91 Å². The summed E-state index contributed by atoms with van der Waals surface area (Å²) in [5.41, 5.74) is 1.08. The topological polar surface area (TPSA) is 59.4 Å². The molecule has 0 heterocycles. The summed E-state index contributed by atoms with van der Waals surface area (Å²) in [7, 11) is 6.16. The molecular formula is C16H24N4O. The third-order valence-electron chi connectivity index (χ3n) is 3.19. The number of rotatable bonds is 8. The highest BCUT2D eigenvalue weighted by Gasteiger charge is 2.07. The summed E-state index contributed by atoms with van der Waals surface area (Å²) >= 11 is 0. The Morgan fingerprint density at radius 3 is 2.57 bits per heavy atom. The van der Waals surface area contributed by atoms with E-state index in [9.17, 15) is 4.79 Å². The SMILES string of the molecule is CN(C)CCN(C)CCCC(=O)Nc1ccccc1C#N. The van der Waals surface area contributed by atoms with Gasteiger partial charge in [0.05, 0.1) is 11.3 Å². The fraction of sp³-hybridized carbons (Fsp3) is 0.500. The molecule has 1 amide bonds. The van der Waals surface area contributed by atoms with Gasteiger partial charge >= 0.3 is 0 Å². The number of anilines is 1. The van der Waals surface area contributed by atoms with Gasteiger partial charge in [-0.15, -0.1) is 0 Å². The summed E-state index contributed by atoms with van der Waals surface area (Å²) in [6, 6.07) is 9.12. The molecule has 114 valence electrons. The van der Waals surface area contributed by atoms with E-state index < -0.39 is 0 Å². The van der Waals surface area contributed by atoms with Gasteiger partial charge in [-0.3, -0.25) is 4.79 Å². The summed E-state index contributed by atoms with van der Waals surface area (Å²) in [6.45, 7) is 2.89. The maximum atomic E-state index is 11.9. The Bertz CT molecular complexity index is 493. The Morgan fingerprint density at radius 1 is 1.19 bits per heavy atom. The van der Waals surface area contributed by atoms with Gasteiger partial charge < -0.3 is 15.1 Å². The number of benzene rings is 1. The molecule has 0 fully saturated rings. The molecule has 0 spiro atoms. The van der Waals surface area contributed by atoms with Crippen LogP contribution in [0, 0.1) is 11.3 Å². The first kappa shape index (κ1) is 17.2. The number of nitrogens with zero attached hydrogens (tertiary/aromatic N) is 3. The first-order valence-electron chi connectivity index (χ1n) is 7.15. The van der Waals surface area contributed by atoms with Crippen LogP contribution in [0.25, 0.3) is 0 Å². The van der Waals surface area contributed by atoms with Gasteiger partial charge in [-0.2, -0.15) is 5.26 Å². The Hall–Kier alpha value is -1.90. The molecule has 5 heteroatoms. The highest BCUT2D eigenvalue weighted by molar-refractivity contribution is 5.92. The Balaban J connectivity index is 2.30. The summed E-state index contributed by atoms with van der Waals surface area (Å²) in [5.74, 6) is -0.0429. The molecule has 0 bridgehead atoms. The molecule has 21 heavy (non-hydrogen) atoms. The second-order valence-corrected chi connectivity index (χ2v) is 5.42. The van der Waals surface area contributed by atoms with Gasteiger partial charge in [-0.25, -0.2) is 0 Å². The third kappa shape index (κ3) is 6.89. The van der Waals surface area contributed by atoms with Crippen molar-refractivity contribution in [2.45, 2.75) is 12.8 Å². The number of carbonyl (C=O) groups is 1. The number of para-hydroxylation sites is 1. The van der Waals surface area contributed by atoms with E-state index in [1.807, 2.05) is 20.2 Å². The van der Waals surface area contributed by atoms with Crippen LogP contribution in [0.4, 0.5) is 5.69 Å². The molecule has 0 saturated heterocycles. The van der Waals surface area contributed by atoms with E-state index in [2.05, 4.69) is 28.2 Å². The van der Waals surface area contributed by atoms with Gasteiger partial charge in [0.15, 0.2) is 0 Å². The zero-order valence-electron chi connectivity index (χ0n) is 13.1. The number of carbonyl (C=O) groups excluding carboxylic acids is 1. The van der Waals surface area contributed by atoms with Crippen LogP contribution >= 0.6 is 0 Å². The molecular weight excluding hydrogens is 264 g/mol. The summed E-state index contributed by atoms with van der Waals surface area (Å²) < 4.78 is 0. The number of hydrogen-bond donors (Lipinski definition) is 1. The minimum absolute atomic E-state index is 0.0429. The number of amides is 1. The van der Waals surface area contributed by atoms with E-state index in [-0.39, 0.29) is 5.91 Å². The van der Waals surface area contributed by atoms with Crippen LogP contribution in [-0.2, 0) is 4.79 Å². The van der Waals surface area contributed by atoms with Gasteiger partial charge in [-0.1, -0.05) is 12.1 Å². The van der Waals surface area contributed by atoms with Gasteiger partial charge in [-0.05, 0) is 46.2 Å². The number of likely N-dealkylation sites (N-methyl/N-ethyl adjacent to an activating group) is 2. The maximum absolute atomic E-state index is 11.9. The van der Waals surface area contributed by atoms with Crippen LogP contribution in [0.2, 0.25) is 0 Å². The van der Waals surface area contributed by atoms with Crippen LogP contribution in [0.15, 0.2) is 24.3 Å². The fourth-order valence-corrected chi connectivity index (χ4v) is 1.89. The molecule has 0 atom stereocenters. The van der Waals surface area contributed by atoms with Crippen molar-refractivity contribution in [2.24, 2.45) is 0 Å². The zero-order chi connectivity index (χ0) is 15.7. The van der Waals surface area contributed by atoms with Crippen molar-refractivity contribution in [3.8, 4) is 6.07 Å². The van der Waals surface area contributed by atoms with Crippen molar-refractivity contribution in [1.29, 1.82) is 5.26 Å². The smallest absolute Gasteiger partial charge is 0.224 e. The highest BCUT2D eigenvalue weighted by Crippen LogP contribution is 2.13. The second kappa shape index (κ2) is 9.11. The second-order valence-electron chi connectivity index (χ2n) is 5.42. The van der Waals surface area contributed by atoms with E-state index in [1.54, 1.807) is 18.2 Å². The molecule has 0 saturated carbocycles. The Morgan fingerprint density at radius 2 is 1.90 bits per heavy atom. The molecule has 1 N–H and O–H groups in total. The lowest BCUT2D eigenvalue weighted by Gasteiger charge is -2.19. The Labute approximate surface area is 127 Å². The van der Waals surface area contributed by atoms with Crippen molar-refractivity contribution in [3.63, 3.8) is 0 Å². The maximum Gasteiger partial charge on any atom is 0.224 e. The lowest BCUT2D eigenvalue weighted by Crippen LogP contribution is -2.29. The molecule has 1 aromatic rings. The van der Waals surface area contributed by atoms with Crippen molar-refractivity contribution in [3.05, 3.63) is 29.8 Å². The lowest BCUT2D eigenvalue weighted by atomic mass is 10.2. The van der Waals surface area contributed by atoms with Crippen LogP contribution in [0.5, 0.6) is 0 Å². The number of nitriles is 1. The molecule has 1 aromatic carbocycles. The standard InChI is InChI=1S/C16H24N4O/c1-19(2)11-12-20(3)10-6-9-16(21)18-15-8-5-4-7-14(15)13-17/h4-5,7-8H,6,9-12H2,1-3H3,(H,18,21). The summed E-state index contributed by atoms with van der Waals surface area (Å²) in [6.07, 6.45) is 1.27. The van der Waals surface area contributed by atoms with Crippen LogP contribution < -0.4 is 5.32 Å². The number of nitrogens with one attached hydrogen (secondary N) is 1. The summed E-state index contributed by atoms with van der Waals surface area (Å²) in [4.78, 5) is 16.2. The fourth-order valence-electron chi connectivity index (χ4n) is 1.89. The quantitative estimate of drug-likeness (QED) is 0.792. The average molecular weight is 288 g/mol. The first-order valence-corrected chi connectivity index (χ1v) is 7.15. The van der Waals surface area contributed by atoms with Crippen molar-refractivity contribution in [2.75, 3.05) is 46.1 Å². The lowest BCUT2D eigenvalue weighted by molar-refractivity contribution is -0.116. The van der Waals surface area contributed by atoms with E-state index >= 15 is 0 Å². The van der Waals surface area contributed by atoms with E-state index in [0.717, 1.165) is 26.1 Å². The average Bonchev–Trinajstić information content (AvgIpc) is 2.45. The monoisotopic (exact) mass is 288 g/mol. The zero-order valence-corrected chi connectivity index (χ0v) is 13.1. The minimum atomic E-state index is -0.0429. The molecule has 0 aliphatic carbocycles.